The highest BCUT2D eigenvalue weighted by Gasteiger charge is 2.05. The molecule has 2 aromatic carbocycles. The molecule has 0 fully saturated rings. The third kappa shape index (κ3) is 5.67. The first-order chi connectivity index (χ1) is 13.2. The third-order valence-corrected chi connectivity index (χ3v) is 4.11. The molecule has 0 aliphatic carbocycles. The number of halogens is 1. The monoisotopic (exact) mass is 365 g/mol. The van der Waals surface area contributed by atoms with Gasteiger partial charge in [-0.05, 0) is 41.8 Å². The fourth-order valence-corrected chi connectivity index (χ4v) is 2.78. The van der Waals surface area contributed by atoms with Gasteiger partial charge < -0.3 is 10.6 Å². The van der Waals surface area contributed by atoms with Gasteiger partial charge in [-0.1, -0.05) is 36.4 Å². The van der Waals surface area contributed by atoms with Gasteiger partial charge in [-0.3, -0.25) is 4.68 Å². The van der Waals surface area contributed by atoms with Crippen molar-refractivity contribution in [2.45, 2.75) is 26.6 Å². The minimum atomic E-state index is -0.242. The Labute approximate surface area is 159 Å². The number of hydrogen-bond acceptors (Lipinski definition) is 2. The summed E-state index contributed by atoms with van der Waals surface area (Å²) in [4.78, 5) is 4.56. The molecule has 1 aromatic heterocycles. The van der Waals surface area contributed by atoms with E-state index in [9.17, 15) is 4.39 Å². The maximum absolute atomic E-state index is 13.3. The Bertz CT molecular complexity index is 874. The first-order valence-corrected chi connectivity index (χ1v) is 9.05. The number of nitrogens with one attached hydrogen (secondary N) is 2. The van der Waals surface area contributed by atoms with Crippen LogP contribution >= 0.6 is 0 Å². The summed E-state index contributed by atoms with van der Waals surface area (Å²) in [5.74, 6) is 0.462. The molecule has 1 heterocycles. The zero-order valence-corrected chi connectivity index (χ0v) is 15.4. The molecule has 0 amide bonds. The second-order valence-electron chi connectivity index (χ2n) is 6.15. The average Bonchev–Trinajstić information content (AvgIpc) is 3.18. The van der Waals surface area contributed by atoms with E-state index in [1.807, 2.05) is 42.1 Å². The molecule has 0 aliphatic rings. The lowest BCUT2D eigenvalue weighted by Gasteiger charge is -2.14. The predicted molar refractivity (Wildman–Crippen MR) is 106 cm³/mol. The van der Waals surface area contributed by atoms with Crippen LogP contribution in [0, 0.1) is 5.82 Å². The van der Waals surface area contributed by atoms with Gasteiger partial charge in [0, 0.05) is 25.5 Å². The summed E-state index contributed by atoms with van der Waals surface area (Å²) in [6.07, 6.45) is 3.73. The third-order valence-electron chi connectivity index (χ3n) is 4.11. The second kappa shape index (κ2) is 9.52. The molecule has 140 valence electrons. The molecule has 0 radical (unpaired) electrons. The number of rotatable bonds is 7. The molecule has 3 rings (SSSR count). The molecule has 0 saturated heterocycles. The lowest BCUT2D eigenvalue weighted by molar-refractivity contribution is 0.625. The number of benzene rings is 2. The van der Waals surface area contributed by atoms with Gasteiger partial charge in [-0.2, -0.15) is 5.10 Å². The van der Waals surface area contributed by atoms with Crippen LogP contribution in [0.15, 0.2) is 72.0 Å². The maximum Gasteiger partial charge on any atom is 0.191 e. The van der Waals surface area contributed by atoms with Gasteiger partial charge in [0.1, 0.15) is 5.82 Å². The number of aromatic nitrogens is 2. The molecule has 0 saturated carbocycles. The molecule has 3 aromatic rings. The van der Waals surface area contributed by atoms with E-state index in [1.165, 1.54) is 23.3 Å². The van der Waals surface area contributed by atoms with Crippen LogP contribution < -0.4 is 10.6 Å². The average molecular weight is 365 g/mol. The van der Waals surface area contributed by atoms with Gasteiger partial charge in [0.25, 0.3) is 0 Å². The minimum Gasteiger partial charge on any atom is -0.357 e. The van der Waals surface area contributed by atoms with Crippen molar-refractivity contribution in [3.8, 4) is 0 Å². The molecule has 2 N–H and O–H groups in total. The van der Waals surface area contributed by atoms with Crippen molar-refractivity contribution in [1.29, 1.82) is 0 Å². The SMILES string of the molecule is CCNC(=NCc1cccc(F)c1)NCc1ccccc1Cn1cccn1. The lowest BCUT2D eigenvalue weighted by Crippen LogP contribution is -2.37. The molecule has 27 heavy (non-hydrogen) atoms. The maximum atomic E-state index is 13.3. The number of aliphatic imine (C=N–C) groups is 1. The van der Waals surface area contributed by atoms with Gasteiger partial charge in [-0.25, -0.2) is 9.38 Å². The van der Waals surface area contributed by atoms with Gasteiger partial charge in [-0.15, -0.1) is 0 Å². The molecule has 0 spiro atoms. The fraction of sp³-hybridized carbons (Fsp3) is 0.238. The molecule has 0 unspecified atom stereocenters. The van der Waals surface area contributed by atoms with Crippen molar-refractivity contribution >= 4 is 5.96 Å². The van der Waals surface area contributed by atoms with E-state index < -0.39 is 0 Å². The molecule has 5 nitrogen and oxygen atoms in total. The number of guanidine groups is 1. The van der Waals surface area contributed by atoms with Crippen LogP contribution in [0.4, 0.5) is 4.39 Å². The summed E-state index contributed by atoms with van der Waals surface area (Å²) < 4.78 is 15.2. The van der Waals surface area contributed by atoms with Gasteiger partial charge in [0.15, 0.2) is 5.96 Å². The van der Waals surface area contributed by atoms with Crippen LogP contribution in [0.2, 0.25) is 0 Å². The van der Waals surface area contributed by atoms with Crippen LogP contribution in [0.5, 0.6) is 0 Å². The van der Waals surface area contributed by atoms with Crippen LogP contribution in [0.1, 0.15) is 23.6 Å². The van der Waals surface area contributed by atoms with Crippen LogP contribution in [-0.4, -0.2) is 22.3 Å². The minimum absolute atomic E-state index is 0.242. The van der Waals surface area contributed by atoms with E-state index in [2.05, 4.69) is 32.9 Å². The summed E-state index contributed by atoms with van der Waals surface area (Å²) >= 11 is 0. The molecule has 0 aliphatic heterocycles. The Morgan fingerprint density at radius 2 is 1.93 bits per heavy atom. The molecule has 0 atom stereocenters. The van der Waals surface area contributed by atoms with Gasteiger partial charge in [0.2, 0.25) is 0 Å². The van der Waals surface area contributed by atoms with Crippen molar-refractivity contribution in [3.05, 3.63) is 89.5 Å². The zero-order chi connectivity index (χ0) is 18.9. The molecular formula is C21H24FN5. The zero-order valence-electron chi connectivity index (χ0n) is 15.4. The van der Waals surface area contributed by atoms with E-state index in [0.29, 0.717) is 19.0 Å². The summed E-state index contributed by atoms with van der Waals surface area (Å²) in [6, 6.07) is 16.7. The van der Waals surface area contributed by atoms with Crippen molar-refractivity contribution in [2.24, 2.45) is 4.99 Å². The smallest absolute Gasteiger partial charge is 0.191 e. The van der Waals surface area contributed by atoms with Crippen molar-refractivity contribution < 1.29 is 4.39 Å². The van der Waals surface area contributed by atoms with E-state index in [0.717, 1.165) is 18.7 Å². The van der Waals surface area contributed by atoms with E-state index in [-0.39, 0.29) is 5.82 Å². The quantitative estimate of drug-likeness (QED) is 0.499. The van der Waals surface area contributed by atoms with Gasteiger partial charge >= 0.3 is 0 Å². The highest BCUT2D eigenvalue weighted by Crippen LogP contribution is 2.10. The number of hydrogen-bond donors (Lipinski definition) is 2. The summed E-state index contributed by atoms with van der Waals surface area (Å²) in [5, 5.41) is 10.9. The van der Waals surface area contributed by atoms with Crippen LogP contribution in [0.25, 0.3) is 0 Å². The van der Waals surface area contributed by atoms with Gasteiger partial charge in [0.05, 0.1) is 13.1 Å². The standard InChI is InChI=1S/C21H24FN5/c1-2-23-21(24-14-17-7-5-10-20(22)13-17)25-15-18-8-3-4-9-19(18)16-27-12-6-11-26-27/h3-13H,2,14-16H2,1H3,(H2,23,24,25). The fourth-order valence-electron chi connectivity index (χ4n) is 2.78. The largest absolute Gasteiger partial charge is 0.357 e. The Kier molecular flexibility index (Phi) is 6.57. The molecule has 0 bridgehead atoms. The lowest BCUT2D eigenvalue weighted by atomic mass is 10.1. The Hall–Kier alpha value is -3.15. The summed E-state index contributed by atoms with van der Waals surface area (Å²) in [7, 11) is 0. The van der Waals surface area contributed by atoms with Crippen molar-refractivity contribution in [1.82, 2.24) is 20.4 Å². The first-order valence-electron chi connectivity index (χ1n) is 9.05. The number of nitrogens with zero attached hydrogens (tertiary/aromatic N) is 3. The Balaban J connectivity index is 1.66. The Morgan fingerprint density at radius 3 is 2.67 bits per heavy atom. The van der Waals surface area contributed by atoms with Crippen molar-refractivity contribution in [3.63, 3.8) is 0 Å². The van der Waals surface area contributed by atoms with E-state index in [1.54, 1.807) is 12.3 Å². The summed E-state index contributed by atoms with van der Waals surface area (Å²) in [6.45, 7) is 4.56. The van der Waals surface area contributed by atoms with E-state index in [4.69, 9.17) is 0 Å². The highest BCUT2D eigenvalue weighted by atomic mass is 19.1. The molecular weight excluding hydrogens is 341 g/mol. The predicted octanol–water partition coefficient (Wildman–Crippen LogP) is 3.33. The first kappa shape index (κ1) is 18.6. The normalized spacial score (nSPS) is 11.4. The summed E-state index contributed by atoms with van der Waals surface area (Å²) in [5.41, 5.74) is 3.23. The van der Waals surface area contributed by atoms with Crippen LogP contribution in [0.3, 0.4) is 0 Å². The molecule has 6 heteroatoms. The second-order valence-corrected chi connectivity index (χ2v) is 6.15. The highest BCUT2D eigenvalue weighted by molar-refractivity contribution is 5.79. The Morgan fingerprint density at radius 1 is 1.07 bits per heavy atom. The van der Waals surface area contributed by atoms with E-state index >= 15 is 0 Å². The van der Waals surface area contributed by atoms with Crippen LogP contribution in [-0.2, 0) is 19.6 Å². The topological polar surface area (TPSA) is 54.2 Å². The van der Waals surface area contributed by atoms with Crippen molar-refractivity contribution in [2.75, 3.05) is 6.54 Å².